The molecule has 26 heavy (non-hydrogen) atoms. The van der Waals surface area contributed by atoms with E-state index in [0.717, 1.165) is 24.5 Å². The van der Waals surface area contributed by atoms with Crippen molar-refractivity contribution in [1.29, 1.82) is 0 Å². The fourth-order valence-electron chi connectivity index (χ4n) is 1.76. The van der Waals surface area contributed by atoms with Crippen molar-refractivity contribution in [2.45, 2.75) is 20.3 Å². The van der Waals surface area contributed by atoms with Gasteiger partial charge in [0.05, 0.1) is 10.8 Å². The summed E-state index contributed by atoms with van der Waals surface area (Å²) < 4.78 is 5.58. The largest absolute Gasteiger partial charge is 0.456 e. The zero-order chi connectivity index (χ0) is 19.6. The van der Waals surface area contributed by atoms with Crippen molar-refractivity contribution in [2.75, 3.05) is 25.1 Å². The summed E-state index contributed by atoms with van der Waals surface area (Å²) in [6.07, 6.45) is 1.12. The monoisotopic (exact) mass is 396 g/mol. The van der Waals surface area contributed by atoms with Gasteiger partial charge in [-0.2, -0.15) is 11.8 Å². The molecule has 1 aliphatic rings. The topological polar surface area (TPSA) is 64.3 Å². The lowest BCUT2D eigenvalue weighted by atomic mass is 10.3. The second-order valence-corrected chi connectivity index (χ2v) is 6.11. The van der Waals surface area contributed by atoms with Crippen molar-refractivity contribution < 1.29 is 9.53 Å². The second-order valence-electron chi connectivity index (χ2n) is 4.60. The first-order valence-corrected chi connectivity index (χ1v) is 10.2. The van der Waals surface area contributed by atoms with E-state index in [0.29, 0.717) is 16.5 Å². The lowest BCUT2D eigenvalue weighted by Gasteiger charge is -2.06. The van der Waals surface area contributed by atoms with Gasteiger partial charge in [0.2, 0.25) is 5.91 Å². The maximum Gasteiger partial charge on any atom is 0.229 e. The van der Waals surface area contributed by atoms with Gasteiger partial charge >= 0.3 is 0 Å². The van der Waals surface area contributed by atoms with E-state index in [4.69, 9.17) is 16.3 Å². The standard InChI is InChI=1S/C12H9ClO.C5H9NOS.C2H6.CH5N/c13-11-8-4-5-9-12(11)14-10-6-2-1-3-7-10;7-5-4-8-3-1-2-6-5;2*1-2/h1-9H;1-4H2,(H,6,7);1-2H3;2H2,1H3. The van der Waals surface area contributed by atoms with Gasteiger partial charge in [0.1, 0.15) is 11.5 Å². The normalized spacial score (nSPS) is 12.4. The van der Waals surface area contributed by atoms with Crippen molar-refractivity contribution in [1.82, 2.24) is 5.32 Å². The smallest absolute Gasteiger partial charge is 0.229 e. The van der Waals surface area contributed by atoms with E-state index in [-0.39, 0.29) is 5.91 Å². The first kappa shape index (κ1) is 24.3. The first-order valence-electron chi connectivity index (χ1n) is 8.65. The summed E-state index contributed by atoms with van der Waals surface area (Å²) >= 11 is 7.66. The van der Waals surface area contributed by atoms with Crippen molar-refractivity contribution in [3.8, 4) is 11.5 Å². The minimum absolute atomic E-state index is 0.188. The Morgan fingerprint density at radius 1 is 1.04 bits per heavy atom. The number of nitrogens with two attached hydrogens (primary N) is 1. The number of hydrogen-bond acceptors (Lipinski definition) is 4. The summed E-state index contributed by atoms with van der Waals surface area (Å²) in [6, 6.07) is 17.0. The zero-order valence-corrected chi connectivity index (χ0v) is 17.3. The van der Waals surface area contributed by atoms with Crippen LogP contribution in [0, 0.1) is 0 Å². The molecule has 1 saturated heterocycles. The summed E-state index contributed by atoms with van der Waals surface area (Å²) in [7, 11) is 1.50. The molecule has 0 bridgehead atoms. The second kappa shape index (κ2) is 16.8. The Bertz CT molecular complexity index is 587. The molecule has 2 aromatic rings. The highest BCUT2D eigenvalue weighted by atomic mass is 35.5. The molecule has 0 aliphatic carbocycles. The van der Waals surface area contributed by atoms with Crippen LogP contribution >= 0.6 is 23.4 Å². The highest BCUT2D eigenvalue weighted by molar-refractivity contribution is 7.99. The Morgan fingerprint density at radius 2 is 1.65 bits per heavy atom. The molecule has 1 heterocycles. The van der Waals surface area contributed by atoms with Gasteiger partial charge in [0, 0.05) is 6.54 Å². The number of halogens is 1. The predicted octanol–water partition coefficient (Wildman–Crippen LogP) is 4.97. The summed E-state index contributed by atoms with van der Waals surface area (Å²) in [6.45, 7) is 4.87. The van der Waals surface area contributed by atoms with Crippen molar-refractivity contribution in [3.63, 3.8) is 0 Å². The average molecular weight is 397 g/mol. The van der Waals surface area contributed by atoms with Gasteiger partial charge in [0.25, 0.3) is 0 Å². The number of benzene rings is 2. The van der Waals surface area contributed by atoms with E-state index in [2.05, 4.69) is 11.1 Å². The fraction of sp³-hybridized carbons (Fsp3) is 0.350. The van der Waals surface area contributed by atoms with Crippen LogP contribution in [0.25, 0.3) is 0 Å². The quantitative estimate of drug-likeness (QED) is 0.751. The number of carbonyl (C=O) groups is 1. The lowest BCUT2D eigenvalue weighted by Crippen LogP contribution is -2.23. The molecule has 0 radical (unpaired) electrons. The average Bonchev–Trinajstić information content (AvgIpc) is 2.96. The molecular weight excluding hydrogens is 368 g/mol. The van der Waals surface area contributed by atoms with E-state index >= 15 is 0 Å². The highest BCUT2D eigenvalue weighted by Crippen LogP contribution is 2.28. The first-order chi connectivity index (χ1) is 12.8. The van der Waals surface area contributed by atoms with E-state index in [1.807, 2.05) is 62.4 Å². The number of para-hydroxylation sites is 2. The van der Waals surface area contributed by atoms with Crippen molar-refractivity contribution >= 4 is 29.3 Å². The van der Waals surface area contributed by atoms with Crippen molar-refractivity contribution in [3.05, 3.63) is 59.6 Å². The summed E-state index contributed by atoms with van der Waals surface area (Å²) in [4.78, 5) is 10.6. The van der Waals surface area contributed by atoms with Crippen LogP contribution in [0.4, 0.5) is 0 Å². The van der Waals surface area contributed by atoms with E-state index in [1.165, 1.54) is 7.05 Å². The van der Waals surface area contributed by atoms with Gasteiger partial charge in [-0.05, 0) is 43.5 Å². The summed E-state index contributed by atoms with van der Waals surface area (Å²) in [5.74, 6) is 3.44. The summed E-state index contributed by atoms with van der Waals surface area (Å²) in [5.41, 5.74) is 4.50. The van der Waals surface area contributed by atoms with Gasteiger partial charge in [-0.1, -0.05) is 55.8 Å². The van der Waals surface area contributed by atoms with Crippen molar-refractivity contribution in [2.24, 2.45) is 5.73 Å². The van der Waals surface area contributed by atoms with Crippen LogP contribution in [-0.2, 0) is 4.79 Å². The number of rotatable bonds is 2. The Balaban J connectivity index is 0.000000444. The lowest BCUT2D eigenvalue weighted by molar-refractivity contribution is -0.118. The number of ether oxygens (including phenoxy) is 1. The van der Waals surface area contributed by atoms with E-state index in [1.54, 1.807) is 17.8 Å². The van der Waals surface area contributed by atoms with Crippen LogP contribution in [0.2, 0.25) is 5.02 Å². The fourth-order valence-corrected chi connectivity index (χ4v) is 2.72. The Hall–Kier alpha value is -1.69. The molecule has 4 nitrogen and oxygen atoms in total. The SMILES string of the molecule is CC.CN.Clc1ccccc1Oc1ccccc1.O=C1CSCCCN1. The van der Waals surface area contributed by atoms with E-state index in [9.17, 15) is 4.79 Å². The maximum absolute atomic E-state index is 10.6. The third kappa shape index (κ3) is 11.0. The minimum atomic E-state index is 0.188. The van der Waals surface area contributed by atoms with E-state index < -0.39 is 0 Å². The molecule has 6 heteroatoms. The molecule has 0 spiro atoms. The Kier molecular flexibility index (Phi) is 15.7. The minimum Gasteiger partial charge on any atom is -0.456 e. The van der Waals surface area contributed by atoms with Crippen LogP contribution in [0.3, 0.4) is 0 Å². The van der Waals surface area contributed by atoms with Crippen LogP contribution in [0.1, 0.15) is 20.3 Å². The maximum atomic E-state index is 10.6. The number of nitrogens with one attached hydrogen (secondary N) is 1. The predicted molar refractivity (Wildman–Crippen MR) is 114 cm³/mol. The van der Waals surface area contributed by atoms with Crippen LogP contribution < -0.4 is 15.8 Å². The molecule has 144 valence electrons. The molecule has 0 atom stereocenters. The molecule has 3 rings (SSSR count). The molecule has 2 aromatic carbocycles. The van der Waals surface area contributed by atoms with Crippen LogP contribution in [-0.4, -0.2) is 31.0 Å². The molecule has 1 fully saturated rings. The molecule has 1 amide bonds. The van der Waals surface area contributed by atoms with Crippen LogP contribution in [0.15, 0.2) is 54.6 Å². The summed E-state index contributed by atoms with van der Waals surface area (Å²) in [5, 5.41) is 3.41. The number of thioether (sulfide) groups is 1. The number of hydrogen-bond donors (Lipinski definition) is 2. The van der Waals surface area contributed by atoms with Gasteiger partial charge in [-0.15, -0.1) is 0 Å². The third-order valence-electron chi connectivity index (χ3n) is 2.83. The van der Waals surface area contributed by atoms with Gasteiger partial charge in [-0.3, -0.25) is 4.79 Å². The Labute approximate surface area is 166 Å². The Morgan fingerprint density at radius 3 is 2.31 bits per heavy atom. The zero-order valence-electron chi connectivity index (χ0n) is 15.7. The molecular formula is C20H29ClN2O2S. The molecule has 0 saturated carbocycles. The number of amides is 1. The third-order valence-corrected chi connectivity index (χ3v) is 4.18. The molecule has 1 aliphatic heterocycles. The van der Waals surface area contributed by atoms with Gasteiger partial charge < -0.3 is 15.8 Å². The molecule has 3 N–H and O–H groups in total. The van der Waals surface area contributed by atoms with Gasteiger partial charge in [-0.25, -0.2) is 0 Å². The van der Waals surface area contributed by atoms with Crippen LogP contribution in [0.5, 0.6) is 11.5 Å². The number of carbonyl (C=O) groups excluding carboxylic acids is 1. The molecule has 0 unspecified atom stereocenters. The molecule has 0 aromatic heterocycles. The highest BCUT2D eigenvalue weighted by Gasteiger charge is 2.03. The van der Waals surface area contributed by atoms with Gasteiger partial charge in [0.15, 0.2) is 0 Å².